The van der Waals surface area contributed by atoms with E-state index in [1.54, 1.807) is 6.92 Å². The summed E-state index contributed by atoms with van der Waals surface area (Å²) in [7, 11) is 1.93. The van der Waals surface area contributed by atoms with Gasteiger partial charge in [0.1, 0.15) is 5.78 Å². The van der Waals surface area contributed by atoms with E-state index in [-0.39, 0.29) is 11.2 Å². The molecule has 0 atom stereocenters. The third-order valence-corrected chi connectivity index (χ3v) is 3.41. The van der Waals surface area contributed by atoms with Gasteiger partial charge >= 0.3 is 0 Å². The molecule has 0 saturated heterocycles. The van der Waals surface area contributed by atoms with E-state index in [9.17, 15) is 4.79 Å². The minimum absolute atomic E-state index is 0.178. The van der Waals surface area contributed by atoms with Crippen LogP contribution in [0.4, 0.5) is 0 Å². The molecule has 1 heterocycles. The molecule has 0 aliphatic heterocycles. The topological polar surface area (TPSA) is 34.9 Å². The zero-order valence-corrected chi connectivity index (χ0v) is 9.22. The zero-order valence-electron chi connectivity index (χ0n) is 9.22. The highest BCUT2D eigenvalue weighted by molar-refractivity contribution is 5.91. The van der Waals surface area contributed by atoms with Gasteiger partial charge in [0.2, 0.25) is 0 Å². The number of hydrogen-bond donors (Lipinski definition) is 0. The maximum absolute atomic E-state index is 11.6. The standard InChI is InChI=1S/C11H16N2O/c1-7-10(8(2)13(4)12-7)11(5-6-11)9(3)14/h5-6H2,1-4H3. The Hall–Kier alpha value is -1.12. The molecule has 1 aromatic rings. The van der Waals surface area contributed by atoms with E-state index in [1.165, 1.54) is 5.56 Å². The van der Waals surface area contributed by atoms with Crippen LogP contribution in [0.25, 0.3) is 0 Å². The molecule has 2 rings (SSSR count). The van der Waals surface area contributed by atoms with E-state index < -0.39 is 0 Å². The Balaban J connectivity index is 2.56. The third kappa shape index (κ3) is 1.04. The number of carbonyl (C=O) groups excluding carboxylic acids is 1. The summed E-state index contributed by atoms with van der Waals surface area (Å²) < 4.78 is 1.87. The predicted molar refractivity (Wildman–Crippen MR) is 54.3 cm³/mol. The van der Waals surface area contributed by atoms with Crippen molar-refractivity contribution in [2.45, 2.75) is 39.0 Å². The van der Waals surface area contributed by atoms with Gasteiger partial charge in [-0.05, 0) is 33.6 Å². The molecule has 0 bridgehead atoms. The van der Waals surface area contributed by atoms with Crippen LogP contribution < -0.4 is 0 Å². The molecule has 1 aromatic heterocycles. The Morgan fingerprint density at radius 3 is 2.29 bits per heavy atom. The molecule has 1 aliphatic rings. The van der Waals surface area contributed by atoms with Crippen LogP contribution in [0, 0.1) is 13.8 Å². The van der Waals surface area contributed by atoms with Gasteiger partial charge in [0.15, 0.2) is 0 Å². The van der Waals surface area contributed by atoms with Crippen molar-refractivity contribution in [3.63, 3.8) is 0 Å². The van der Waals surface area contributed by atoms with Gasteiger partial charge < -0.3 is 0 Å². The van der Waals surface area contributed by atoms with Gasteiger partial charge in [-0.1, -0.05) is 0 Å². The molecule has 0 radical (unpaired) electrons. The molecule has 3 heteroatoms. The normalized spacial score (nSPS) is 18.3. The summed E-state index contributed by atoms with van der Waals surface area (Å²) in [5.74, 6) is 0.289. The van der Waals surface area contributed by atoms with Gasteiger partial charge in [-0.15, -0.1) is 0 Å². The van der Waals surface area contributed by atoms with Gasteiger partial charge in [0, 0.05) is 18.3 Å². The minimum atomic E-state index is -0.178. The van der Waals surface area contributed by atoms with Crippen molar-refractivity contribution in [1.82, 2.24) is 9.78 Å². The molecule has 1 aliphatic carbocycles. The first-order valence-corrected chi connectivity index (χ1v) is 5.01. The smallest absolute Gasteiger partial charge is 0.140 e. The van der Waals surface area contributed by atoms with Crippen LogP contribution >= 0.6 is 0 Å². The lowest BCUT2D eigenvalue weighted by molar-refractivity contribution is -0.119. The van der Waals surface area contributed by atoms with Crippen molar-refractivity contribution >= 4 is 5.78 Å². The Kier molecular flexibility index (Phi) is 1.81. The monoisotopic (exact) mass is 192 g/mol. The van der Waals surface area contributed by atoms with Crippen LogP contribution in [0.2, 0.25) is 0 Å². The minimum Gasteiger partial charge on any atom is -0.299 e. The number of Topliss-reactive ketones (excluding diaryl/α,β-unsaturated/α-hetero) is 1. The average molecular weight is 192 g/mol. The molecule has 1 saturated carbocycles. The lowest BCUT2D eigenvalue weighted by atomic mass is 9.90. The highest BCUT2D eigenvalue weighted by atomic mass is 16.1. The molecular formula is C11H16N2O. The first-order chi connectivity index (χ1) is 6.49. The summed E-state index contributed by atoms with van der Waals surface area (Å²) in [6.45, 7) is 5.72. The van der Waals surface area contributed by atoms with E-state index in [0.717, 1.165) is 24.2 Å². The molecule has 0 amide bonds. The van der Waals surface area contributed by atoms with Crippen molar-refractivity contribution in [3.05, 3.63) is 17.0 Å². The third-order valence-electron chi connectivity index (χ3n) is 3.41. The van der Waals surface area contributed by atoms with Crippen LogP contribution in [0.15, 0.2) is 0 Å². The second-order valence-corrected chi connectivity index (χ2v) is 4.31. The van der Waals surface area contributed by atoms with Gasteiger partial charge in [-0.3, -0.25) is 9.48 Å². The lowest BCUT2D eigenvalue weighted by Gasteiger charge is -2.11. The Morgan fingerprint density at radius 1 is 1.43 bits per heavy atom. The number of aryl methyl sites for hydroxylation is 2. The van der Waals surface area contributed by atoms with Crippen molar-refractivity contribution in [2.75, 3.05) is 0 Å². The maximum atomic E-state index is 11.6. The lowest BCUT2D eigenvalue weighted by Crippen LogP contribution is -2.18. The van der Waals surface area contributed by atoms with Gasteiger partial charge in [0.25, 0.3) is 0 Å². The molecular weight excluding hydrogens is 176 g/mol. The predicted octanol–water partition coefficient (Wildman–Crippen LogP) is 1.66. The second-order valence-electron chi connectivity index (χ2n) is 4.31. The van der Waals surface area contributed by atoms with Crippen LogP contribution in [0.1, 0.15) is 36.7 Å². The Bertz CT molecular complexity index is 400. The Labute approximate surface area is 84.1 Å². The van der Waals surface area contributed by atoms with Crippen LogP contribution in [0.3, 0.4) is 0 Å². The molecule has 0 unspecified atom stereocenters. The SMILES string of the molecule is CC(=O)C1(c2c(C)nn(C)c2C)CC1. The summed E-state index contributed by atoms with van der Waals surface area (Å²) in [5, 5.41) is 4.36. The summed E-state index contributed by atoms with van der Waals surface area (Å²) in [4.78, 5) is 11.6. The number of rotatable bonds is 2. The number of carbonyl (C=O) groups is 1. The fraction of sp³-hybridized carbons (Fsp3) is 0.636. The number of nitrogens with zero attached hydrogens (tertiary/aromatic N) is 2. The summed E-state index contributed by atoms with van der Waals surface area (Å²) >= 11 is 0. The van der Waals surface area contributed by atoms with E-state index in [2.05, 4.69) is 5.10 Å². The van der Waals surface area contributed by atoms with Crippen molar-refractivity contribution < 1.29 is 4.79 Å². The summed E-state index contributed by atoms with van der Waals surface area (Å²) in [5.41, 5.74) is 3.14. The molecule has 1 fully saturated rings. The summed E-state index contributed by atoms with van der Waals surface area (Å²) in [6.07, 6.45) is 1.99. The Morgan fingerprint density at radius 2 is 2.00 bits per heavy atom. The van der Waals surface area contributed by atoms with Crippen molar-refractivity contribution in [1.29, 1.82) is 0 Å². The van der Waals surface area contributed by atoms with Crippen LogP contribution in [-0.4, -0.2) is 15.6 Å². The molecule has 14 heavy (non-hydrogen) atoms. The van der Waals surface area contributed by atoms with E-state index >= 15 is 0 Å². The van der Waals surface area contributed by atoms with Crippen molar-refractivity contribution in [2.24, 2.45) is 7.05 Å². The first kappa shape index (κ1) is 9.44. The highest BCUT2D eigenvalue weighted by Crippen LogP contribution is 2.50. The van der Waals surface area contributed by atoms with Gasteiger partial charge in [-0.25, -0.2) is 0 Å². The maximum Gasteiger partial charge on any atom is 0.140 e. The van der Waals surface area contributed by atoms with Gasteiger partial charge in [0.05, 0.1) is 11.1 Å². The fourth-order valence-electron chi connectivity index (χ4n) is 2.37. The van der Waals surface area contributed by atoms with Crippen LogP contribution in [-0.2, 0) is 17.3 Å². The number of aromatic nitrogens is 2. The quantitative estimate of drug-likeness (QED) is 0.714. The largest absolute Gasteiger partial charge is 0.299 e. The van der Waals surface area contributed by atoms with E-state index in [0.29, 0.717) is 0 Å². The zero-order chi connectivity index (χ0) is 10.5. The van der Waals surface area contributed by atoms with Crippen LogP contribution in [0.5, 0.6) is 0 Å². The molecule has 3 nitrogen and oxygen atoms in total. The van der Waals surface area contributed by atoms with E-state index in [4.69, 9.17) is 0 Å². The molecule has 0 N–H and O–H groups in total. The van der Waals surface area contributed by atoms with Crippen molar-refractivity contribution in [3.8, 4) is 0 Å². The number of ketones is 1. The first-order valence-electron chi connectivity index (χ1n) is 5.01. The highest BCUT2D eigenvalue weighted by Gasteiger charge is 2.51. The molecule has 76 valence electrons. The van der Waals surface area contributed by atoms with Gasteiger partial charge in [-0.2, -0.15) is 5.10 Å². The molecule has 0 spiro atoms. The molecule has 0 aromatic carbocycles. The number of hydrogen-bond acceptors (Lipinski definition) is 2. The summed E-state index contributed by atoms with van der Waals surface area (Å²) in [6, 6.07) is 0. The second kappa shape index (κ2) is 2.69. The fourth-order valence-corrected chi connectivity index (χ4v) is 2.37. The van der Waals surface area contributed by atoms with E-state index in [1.807, 2.05) is 25.6 Å². The average Bonchev–Trinajstić information content (AvgIpc) is 2.81.